The second kappa shape index (κ2) is 3.68. The van der Waals surface area contributed by atoms with Crippen LogP contribution < -0.4 is 0 Å². The predicted molar refractivity (Wildman–Crippen MR) is 48.8 cm³/mol. The minimum absolute atomic E-state index is 0.294. The van der Waals surface area contributed by atoms with E-state index in [0.717, 1.165) is 0 Å². The van der Waals surface area contributed by atoms with E-state index in [9.17, 15) is 9.59 Å². The fourth-order valence-electron chi connectivity index (χ4n) is 1.15. The summed E-state index contributed by atoms with van der Waals surface area (Å²) >= 11 is 0. The summed E-state index contributed by atoms with van der Waals surface area (Å²) in [6.07, 6.45) is 1.54. The van der Waals surface area contributed by atoms with Crippen molar-refractivity contribution in [2.75, 3.05) is 0 Å². The maximum atomic E-state index is 11.1. The van der Waals surface area contributed by atoms with Gasteiger partial charge in [0.05, 0.1) is 6.08 Å². The van der Waals surface area contributed by atoms with Crippen molar-refractivity contribution < 1.29 is 19.1 Å². The summed E-state index contributed by atoms with van der Waals surface area (Å²) < 4.78 is 10.2. The van der Waals surface area contributed by atoms with Crippen molar-refractivity contribution >= 4 is 11.9 Å². The maximum Gasteiger partial charge on any atom is 0.337 e. The molecular weight excluding hydrogens is 184 g/mol. The normalized spacial score (nSPS) is 18.8. The molecule has 14 heavy (non-hydrogen) atoms. The third-order valence-electron chi connectivity index (χ3n) is 1.62. The molecule has 0 N–H and O–H groups in total. The lowest BCUT2D eigenvalue weighted by Crippen LogP contribution is -2.34. The number of hydrogen-bond acceptors (Lipinski definition) is 4. The third kappa shape index (κ3) is 2.75. The van der Waals surface area contributed by atoms with Gasteiger partial charge >= 0.3 is 5.97 Å². The van der Waals surface area contributed by atoms with Crippen LogP contribution in [0.25, 0.3) is 0 Å². The van der Waals surface area contributed by atoms with Crippen LogP contribution in [-0.2, 0) is 19.1 Å². The van der Waals surface area contributed by atoms with Gasteiger partial charge < -0.3 is 9.47 Å². The average molecular weight is 196 g/mol. The van der Waals surface area contributed by atoms with E-state index in [4.69, 9.17) is 9.47 Å². The van der Waals surface area contributed by atoms with Crippen LogP contribution in [0.2, 0.25) is 0 Å². The van der Waals surface area contributed by atoms with Gasteiger partial charge in [-0.25, -0.2) is 9.59 Å². The SMILES string of the molecule is CC(=C=O)CC1=CC(=O)OC(C)(C)O1. The van der Waals surface area contributed by atoms with Gasteiger partial charge in [0.15, 0.2) is 0 Å². The molecule has 0 fully saturated rings. The van der Waals surface area contributed by atoms with E-state index in [-0.39, 0.29) is 0 Å². The lowest BCUT2D eigenvalue weighted by atomic mass is 10.2. The number of rotatable bonds is 2. The Morgan fingerprint density at radius 1 is 1.50 bits per heavy atom. The maximum absolute atomic E-state index is 11.1. The summed E-state index contributed by atoms with van der Waals surface area (Å²) in [7, 11) is 0. The summed E-state index contributed by atoms with van der Waals surface area (Å²) in [5.41, 5.74) is 0.488. The largest absolute Gasteiger partial charge is 0.457 e. The molecule has 0 amide bonds. The number of cyclic esters (lactones) is 1. The van der Waals surface area contributed by atoms with Gasteiger partial charge in [0.25, 0.3) is 0 Å². The molecule has 0 radical (unpaired) electrons. The van der Waals surface area contributed by atoms with E-state index in [2.05, 4.69) is 0 Å². The number of hydrogen-bond donors (Lipinski definition) is 0. The zero-order valence-electron chi connectivity index (χ0n) is 8.42. The molecule has 0 bridgehead atoms. The summed E-state index contributed by atoms with van der Waals surface area (Å²) in [6.45, 7) is 4.90. The first-order valence-corrected chi connectivity index (χ1v) is 4.26. The molecule has 0 aromatic carbocycles. The van der Waals surface area contributed by atoms with Crippen LogP contribution >= 0.6 is 0 Å². The van der Waals surface area contributed by atoms with Crippen LogP contribution in [-0.4, -0.2) is 17.7 Å². The Morgan fingerprint density at radius 2 is 2.14 bits per heavy atom. The first-order chi connectivity index (χ1) is 6.43. The fourth-order valence-corrected chi connectivity index (χ4v) is 1.15. The average Bonchev–Trinajstić information content (AvgIpc) is 1.99. The van der Waals surface area contributed by atoms with Gasteiger partial charge in [-0.05, 0) is 6.92 Å². The first-order valence-electron chi connectivity index (χ1n) is 4.26. The molecule has 1 rings (SSSR count). The van der Waals surface area contributed by atoms with Gasteiger partial charge in [0.1, 0.15) is 11.7 Å². The monoisotopic (exact) mass is 196 g/mol. The molecular formula is C10H12O4. The highest BCUT2D eigenvalue weighted by Crippen LogP contribution is 2.25. The van der Waals surface area contributed by atoms with Gasteiger partial charge in [0, 0.05) is 25.8 Å². The van der Waals surface area contributed by atoms with Crippen molar-refractivity contribution in [2.45, 2.75) is 33.0 Å². The molecule has 1 aliphatic rings. The Bertz CT molecular complexity index is 332. The van der Waals surface area contributed by atoms with Gasteiger partial charge in [-0.2, -0.15) is 0 Å². The molecule has 0 saturated carbocycles. The smallest absolute Gasteiger partial charge is 0.337 e. The molecule has 0 aromatic rings. The standard InChI is InChI=1S/C10H12O4/c1-7(6-11)4-8-5-9(12)14-10(2,3)13-8/h5H,4H2,1-3H3. The van der Waals surface area contributed by atoms with Gasteiger partial charge in [-0.15, -0.1) is 0 Å². The molecule has 1 heterocycles. The predicted octanol–water partition coefficient (Wildman–Crippen LogP) is 1.35. The highest BCUT2D eigenvalue weighted by atomic mass is 16.7. The minimum atomic E-state index is -0.954. The van der Waals surface area contributed by atoms with E-state index >= 15 is 0 Å². The van der Waals surface area contributed by atoms with Crippen LogP contribution in [0, 0.1) is 0 Å². The number of esters is 1. The van der Waals surface area contributed by atoms with Crippen LogP contribution in [0.4, 0.5) is 0 Å². The van der Waals surface area contributed by atoms with Crippen molar-refractivity contribution in [3.05, 3.63) is 17.4 Å². The van der Waals surface area contributed by atoms with Gasteiger partial charge in [0.2, 0.25) is 5.79 Å². The molecule has 0 aromatic heterocycles. The minimum Gasteiger partial charge on any atom is -0.457 e. The number of allylic oxidation sites excluding steroid dienone is 1. The molecule has 4 nitrogen and oxygen atoms in total. The molecule has 0 spiro atoms. The molecule has 1 aliphatic heterocycles. The highest BCUT2D eigenvalue weighted by molar-refractivity contribution is 5.83. The Balaban J connectivity index is 2.80. The topological polar surface area (TPSA) is 52.6 Å². The molecule has 4 heteroatoms. The number of ether oxygens (including phenoxy) is 2. The lowest BCUT2D eigenvalue weighted by Gasteiger charge is -2.30. The fraction of sp³-hybridized carbons (Fsp3) is 0.500. The van der Waals surface area contributed by atoms with Crippen molar-refractivity contribution in [1.82, 2.24) is 0 Å². The number of carbonyl (C=O) groups excluding carboxylic acids is 2. The third-order valence-corrected chi connectivity index (χ3v) is 1.62. The van der Waals surface area contributed by atoms with Gasteiger partial charge in [-0.1, -0.05) is 0 Å². The van der Waals surface area contributed by atoms with E-state index < -0.39 is 11.8 Å². The van der Waals surface area contributed by atoms with E-state index in [0.29, 0.717) is 17.8 Å². The first kappa shape index (κ1) is 10.5. The zero-order chi connectivity index (χ0) is 10.8. The second-order valence-electron chi connectivity index (χ2n) is 3.59. The Labute approximate surface area is 82.2 Å². The Kier molecular flexibility index (Phi) is 2.77. The molecule has 76 valence electrons. The van der Waals surface area contributed by atoms with Crippen LogP contribution in [0.5, 0.6) is 0 Å². The van der Waals surface area contributed by atoms with Crippen LogP contribution in [0.3, 0.4) is 0 Å². The molecule has 0 unspecified atom stereocenters. The summed E-state index contributed by atoms with van der Waals surface area (Å²) in [4.78, 5) is 21.3. The summed E-state index contributed by atoms with van der Waals surface area (Å²) in [5, 5.41) is 0. The second-order valence-corrected chi connectivity index (χ2v) is 3.59. The Morgan fingerprint density at radius 3 is 2.64 bits per heavy atom. The van der Waals surface area contributed by atoms with E-state index in [1.165, 1.54) is 6.08 Å². The quantitative estimate of drug-likeness (QED) is 0.494. The highest BCUT2D eigenvalue weighted by Gasteiger charge is 2.29. The lowest BCUT2D eigenvalue weighted by molar-refractivity contribution is -0.205. The van der Waals surface area contributed by atoms with Crippen molar-refractivity contribution in [3.63, 3.8) is 0 Å². The molecule has 0 atom stereocenters. The van der Waals surface area contributed by atoms with Crippen molar-refractivity contribution in [3.8, 4) is 0 Å². The summed E-state index contributed by atoms with van der Waals surface area (Å²) in [5.74, 6) is 0.782. The number of carbonyl (C=O) groups is 1. The van der Waals surface area contributed by atoms with Crippen LogP contribution in [0.1, 0.15) is 27.2 Å². The molecule has 0 aliphatic carbocycles. The van der Waals surface area contributed by atoms with Crippen molar-refractivity contribution in [2.24, 2.45) is 0 Å². The van der Waals surface area contributed by atoms with Crippen molar-refractivity contribution in [1.29, 1.82) is 0 Å². The zero-order valence-corrected chi connectivity index (χ0v) is 8.42. The Hall–Kier alpha value is -1.54. The van der Waals surface area contributed by atoms with E-state index in [1.807, 2.05) is 0 Å². The summed E-state index contributed by atoms with van der Waals surface area (Å²) in [6, 6.07) is 0. The van der Waals surface area contributed by atoms with Crippen LogP contribution in [0.15, 0.2) is 17.4 Å². The van der Waals surface area contributed by atoms with E-state index in [1.54, 1.807) is 26.7 Å². The van der Waals surface area contributed by atoms with Gasteiger partial charge in [-0.3, -0.25) is 0 Å². The molecule has 0 saturated heterocycles.